The molecule has 0 N–H and O–H groups in total. The summed E-state index contributed by atoms with van der Waals surface area (Å²) < 4.78 is 0. The van der Waals surface area contributed by atoms with E-state index in [0.29, 0.717) is 0 Å². The van der Waals surface area contributed by atoms with Crippen molar-refractivity contribution >= 4 is 57.2 Å². The zero-order valence-corrected chi connectivity index (χ0v) is 39.5. The van der Waals surface area contributed by atoms with Gasteiger partial charge in [0, 0.05) is 34.1 Å². The predicted octanol–water partition coefficient (Wildman–Crippen LogP) is 13.8. The third-order valence-corrected chi connectivity index (χ3v) is 14.5. The van der Waals surface area contributed by atoms with Crippen molar-refractivity contribution in [1.82, 2.24) is 0 Å². The Morgan fingerprint density at radius 3 is 1.00 bits per heavy atom. The number of anilines is 6. The fourth-order valence-corrected chi connectivity index (χ4v) is 10.7. The molecule has 5 aromatic carbocycles. The van der Waals surface area contributed by atoms with Crippen molar-refractivity contribution < 1.29 is 0 Å². The van der Waals surface area contributed by atoms with Gasteiger partial charge in [-0.3, -0.25) is 0 Å². The number of hydrogen-bond donors (Lipinski definition) is 0. The Bertz CT molecular complexity index is 2270. The summed E-state index contributed by atoms with van der Waals surface area (Å²) in [4.78, 5) is 5.43. The second kappa shape index (κ2) is 14.4. The lowest BCUT2D eigenvalue weighted by atomic mass is 9.33. The van der Waals surface area contributed by atoms with Gasteiger partial charge in [0.1, 0.15) is 0 Å². The summed E-state index contributed by atoms with van der Waals surface area (Å²) >= 11 is 0. The minimum Gasteiger partial charge on any atom is -0.311 e. The molecule has 0 spiro atoms. The Balaban J connectivity index is 1.41. The van der Waals surface area contributed by atoms with Crippen LogP contribution >= 0.6 is 0 Å². The normalized spacial score (nSPS) is 16.6. The number of rotatable bonds is 2. The van der Waals surface area contributed by atoms with Crippen LogP contribution < -0.4 is 26.2 Å². The molecule has 0 fully saturated rings. The fraction of sp³-hybridized carbons (Fsp3) is 0.474. The van der Waals surface area contributed by atoms with Crippen molar-refractivity contribution in [3.8, 4) is 0 Å². The van der Waals surface area contributed by atoms with Gasteiger partial charge in [-0.2, -0.15) is 0 Å². The molecular weight excluding hydrogens is 723 g/mol. The van der Waals surface area contributed by atoms with E-state index in [2.05, 4.69) is 173 Å². The lowest BCUT2D eigenvalue weighted by Crippen LogP contribution is -2.61. The van der Waals surface area contributed by atoms with E-state index >= 15 is 0 Å². The van der Waals surface area contributed by atoms with Crippen LogP contribution in [-0.4, -0.2) is 6.71 Å². The van der Waals surface area contributed by atoms with Crippen molar-refractivity contribution in [3.63, 3.8) is 0 Å². The van der Waals surface area contributed by atoms with Crippen LogP contribution in [0.1, 0.15) is 172 Å². The molecule has 0 aromatic heterocycles. The number of benzene rings is 5. The molecule has 0 saturated carbocycles. The zero-order chi connectivity index (χ0) is 42.7. The van der Waals surface area contributed by atoms with Gasteiger partial charge >= 0.3 is 0 Å². The standard InChI is InChI=1S/C57H71BN2/c1-36-24-51-53-52(25-36)60(46-34-43(56(8,9)10)31-44(35-46)57(11,12)13)50-29-40-23-19-15-17-21-38(40)27-48(50)58(53)47-26-37-20-16-14-18-22-39(37)28-49(47)59(51)45-32-41(54(2,3)4)30-42(33-45)55(5,6)7/h24-35H,14-23H2,1-13H3. The first kappa shape index (κ1) is 41.1. The lowest BCUT2D eigenvalue weighted by Gasteiger charge is -2.45. The van der Waals surface area contributed by atoms with Crippen molar-refractivity contribution in [2.75, 3.05) is 9.80 Å². The molecule has 0 saturated heterocycles. The maximum Gasteiger partial charge on any atom is 0.252 e. The van der Waals surface area contributed by atoms with Gasteiger partial charge in [-0.05, 0) is 195 Å². The van der Waals surface area contributed by atoms with Gasteiger partial charge < -0.3 is 9.80 Å². The van der Waals surface area contributed by atoms with Gasteiger partial charge in [0.2, 0.25) is 0 Å². The first-order chi connectivity index (χ1) is 28.2. The maximum atomic E-state index is 2.71. The van der Waals surface area contributed by atoms with Gasteiger partial charge in [0.15, 0.2) is 0 Å². The molecule has 9 rings (SSSR count). The highest BCUT2D eigenvalue weighted by atomic mass is 15.2. The largest absolute Gasteiger partial charge is 0.311 e. The average molecular weight is 795 g/mol. The van der Waals surface area contributed by atoms with Crippen molar-refractivity contribution in [2.24, 2.45) is 0 Å². The topological polar surface area (TPSA) is 6.48 Å². The molecule has 0 amide bonds. The van der Waals surface area contributed by atoms with Crippen LogP contribution in [0.15, 0.2) is 72.8 Å². The van der Waals surface area contributed by atoms with E-state index in [1.165, 1.54) is 143 Å². The lowest BCUT2D eigenvalue weighted by molar-refractivity contribution is 0.568. The average Bonchev–Trinajstić information content (AvgIpc) is 3.54. The molecular formula is C57H71BN2. The van der Waals surface area contributed by atoms with Crippen LogP contribution in [0.25, 0.3) is 0 Å². The van der Waals surface area contributed by atoms with E-state index in [9.17, 15) is 0 Å². The van der Waals surface area contributed by atoms with Crippen LogP contribution in [0, 0.1) is 6.92 Å². The summed E-state index contributed by atoms with van der Waals surface area (Å²) in [6, 6.07) is 30.8. The van der Waals surface area contributed by atoms with Gasteiger partial charge in [-0.15, -0.1) is 0 Å². The van der Waals surface area contributed by atoms with E-state index in [-0.39, 0.29) is 28.4 Å². The molecule has 2 nitrogen and oxygen atoms in total. The molecule has 2 heterocycles. The summed E-state index contributed by atoms with van der Waals surface area (Å²) in [6.07, 6.45) is 12.4. The molecule has 312 valence electrons. The molecule has 0 atom stereocenters. The molecule has 5 aromatic rings. The molecule has 0 unspecified atom stereocenters. The molecule has 3 heteroatoms. The van der Waals surface area contributed by atoms with E-state index in [1.807, 2.05) is 0 Å². The van der Waals surface area contributed by atoms with Crippen molar-refractivity contribution in [3.05, 3.63) is 123 Å². The Labute approximate surface area is 364 Å². The smallest absolute Gasteiger partial charge is 0.252 e. The second-order valence-corrected chi connectivity index (χ2v) is 23.3. The van der Waals surface area contributed by atoms with E-state index in [0.717, 1.165) is 0 Å². The van der Waals surface area contributed by atoms with Crippen molar-refractivity contribution in [2.45, 2.75) is 176 Å². The summed E-state index contributed by atoms with van der Waals surface area (Å²) in [5.74, 6) is 0. The maximum absolute atomic E-state index is 2.71. The quantitative estimate of drug-likeness (QED) is 0.127. The number of aryl methyl sites for hydroxylation is 5. The molecule has 2 aliphatic heterocycles. The highest BCUT2D eigenvalue weighted by molar-refractivity contribution is 7.00. The molecule has 0 radical (unpaired) electrons. The van der Waals surface area contributed by atoms with Gasteiger partial charge in [-0.25, -0.2) is 0 Å². The zero-order valence-electron chi connectivity index (χ0n) is 39.5. The Hall–Kier alpha value is -4.24. The monoisotopic (exact) mass is 795 g/mol. The Kier molecular flexibility index (Phi) is 9.89. The highest BCUT2D eigenvalue weighted by Gasteiger charge is 2.45. The van der Waals surface area contributed by atoms with Crippen LogP contribution in [0.3, 0.4) is 0 Å². The van der Waals surface area contributed by atoms with E-state index in [1.54, 1.807) is 22.3 Å². The van der Waals surface area contributed by atoms with Crippen LogP contribution in [0.4, 0.5) is 34.1 Å². The predicted molar refractivity (Wildman–Crippen MR) is 263 cm³/mol. The third-order valence-electron chi connectivity index (χ3n) is 14.5. The summed E-state index contributed by atoms with van der Waals surface area (Å²) in [6.45, 7) is 31.0. The van der Waals surface area contributed by atoms with Gasteiger partial charge in [0.05, 0.1) is 0 Å². The van der Waals surface area contributed by atoms with Crippen LogP contribution in [-0.2, 0) is 47.3 Å². The second-order valence-electron chi connectivity index (χ2n) is 23.3. The van der Waals surface area contributed by atoms with E-state index in [4.69, 9.17) is 0 Å². The molecule has 4 aliphatic rings. The third kappa shape index (κ3) is 7.24. The fourth-order valence-electron chi connectivity index (χ4n) is 10.7. The van der Waals surface area contributed by atoms with Crippen molar-refractivity contribution in [1.29, 1.82) is 0 Å². The molecule has 0 bridgehead atoms. The summed E-state index contributed by atoms with van der Waals surface area (Å²) in [5.41, 5.74) is 25.7. The summed E-state index contributed by atoms with van der Waals surface area (Å²) in [5, 5.41) is 0. The van der Waals surface area contributed by atoms with Crippen LogP contribution in [0.2, 0.25) is 0 Å². The number of hydrogen-bond acceptors (Lipinski definition) is 2. The first-order valence-corrected chi connectivity index (χ1v) is 23.6. The van der Waals surface area contributed by atoms with Gasteiger partial charge in [0.25, 0.3) is 6.71 Å². The minimum absolute atomic E-state index is 0.00728. The number of nitrogens with zero attached hydrogens (tertiary/aromatic N) is 2. The minimum atomic E-state index is 0.00728. The molecule has 2 aliphatic carbocycles. The first-order valence-electron chi connectivity index (χ1n) is 23.6. The Morgan fingerprint density at radius 2 is 0.683 bits per heavy atom. The summed E-state index contributed by atoms with van der Waals surface area (Å²) in [7, 11) is 0. The van der Waals surface area contributed by atoms with Gasteiger partial charge in [-0.1, -0.05) is 120 Å². The Morgan fingerprint density at radius 1 is 0.367 bits per heavy atom. The van der Waals surface area contributed by atoms with E-state index < -0.39 is 0 Å². The highest BCUT2D eigenvalue weighted by Crippen LogP contribution is 2.48. The number of fused-ring (bicyclic) bond motifs is 6. The van der Waals surface area contributed by atoms with Crippen LogP contribution in [0.5, 0.6) is 0 Å². The molecule has 60 heavy (non-hydrogen) atoms. The SMILES string of the molecule is Cc1cc2c3c(c1)N(c1cc(C(C)(C)C)cc(C(C)(C)C)c1)c1cc4c(cc1B3c1cc3c(cc1N2c1cc(C(C)(C)C)cc(C(C)(C)C)c1)CCCCC3)CCCCC4.